The second-order valence-electron chi connectivity index (χ2n) is 8.86. The third-order valence-electron chi connectivity index (χ3n) is 6.71. The molecule has 176 valence electrons. The minimum atomic E-state index is -1.15. The summed E-state index contributed by atoms with van der Waals surface area (Å²) in [7, 11) is 0. The van der Waals surface area contributed by atoms with Crippen molar-refractivity contribution >= 4 is 55.3 Å². The second kappa shape index (κ2) is 8.11. The summed E-state index contributed by atoms with van der Waals surface area (Å²) in [4.78, 5) is 12.7. The molecule has 2 aliphatic heterocycles. The van der Waals surface area contributed by atoms with Crippen LogP contribution in [0.3, 0.4) is 0 Å². The van der Waals surface area contributed by atoms with Gasteiger partial charge in [0.25, 0.3) is 0 Å². The summed E-state index contributed by atoms with van der Waals surface area (Å²) in [5.74, 6) is 0.437. The van der Waals surface area contributed by atoms with Crippen LogP contribution in [-0.2, 0) is 15.9 Å². The van der Waals surface area contributed by atoms with Crippen molar-refractivity contribution in [3.8, 4) is 0 Å². The predicted octanol–water partition coefficient (Wildman–Crippen LogP) is 3.00. The van der Waals surface area contributed by atoms with E-state index in [1.165, 1.54) is 6.33 Å². The highest BCUT2D eigenvalue weighted by Crippen LogP contribution is 2.45. The fourth-order valence-electron chi connectivity index (χ4n) is 4.99. The highest BCUT2D eigenvalue weighted by molar-refractivity contribution is 9.10. The van der Waals surface area contributed by atoms with E-state index in [0.29, 0.717) is 34.8 Å². The molecule has 0 amide bonds. The molecule has 2 aliphatic rings. The van der Waals surface area contributed by atoms with Crippen molar-refractivity contribution in [3.63, 3.8) is 0 Å². The number of nitrogen functional groups attached to an aromatic ring is 1. The summed E-state index contributed by atoms with van der Waals surface area (Å²) >= 11 is 9.57. The van der Waals surface area contributed by atoms with Crippen LogP contribution in [0.5, 0.6) is 0 Å². The molecular formula is C23H21BrClN5O4. The highest BCUT2D eigenvalue weighted by atomic mass is 79.9. The number of aromatic nitrogens is 4. The van der Waals surface area contributed by atoms with Crippen LogP contribution in [0.25, 0.3) is 21.9 Å². The van der Waals surface area contributed by atoms with Crippen molar-refractivity contribution in [2.45, 2.75) is 43.0 Å². The van der Waals surface area contributed by atoms with Gasteiger partial charge in [0.15, 0.2) is 6.23 Å². The Bertz CT molecular complexity index is 1420. The Morgan fingerprint density at radius 1 is 1.24 bits per heavy atom. The minimum absolute atomic E-state index is 0.174. The molecule has 5 unspecified atom stereocenters. The Balaban J connectivity index is 1.23. The number of pyridine rings is 1. The molecule has 1 aromatic carbocycles. The van der Waals surface area contributed by atoms with Gasteiger partial charge in [0.2, 0.25) is 0 Å². The Hall–Kier alpha value is -2.34. The molecule has 2 fully saturated rings. The SMILES string of the molecule is Nc1nc2cc(CC3CC4(CO3)OC(n3ccc5c(Cl)ncnc53)C(O)C4O)ccc2cc1Br. The summed E-state index contributed by atoms with van der Waals surface area (Å²) < 4.78 is 14.8. The number of nitrogens with zero attached hydrogens (tertiary/aromatic N) is 4. The van der Waals surface area contributed by atoms with Crippen molar-refractivity contribution in [2.75, 3.05) is 12.3 Å². The third kappa shape index (κ3) is 3.48. The second-order valence-corrected chi connectivity index (χ2v) is 10.1. The molecular weight excluding hydrogens is 526 g/mol. The molecule has 2 saturated heterocycles. The fourth-order valence-corrected chi connectivity index (χ4v) is 5.51. The van der Waals surface area contributed by atoms with E-state index in [1.54, 1.807) is 16.8 Å². The van der Waals surface area contributed by atoms with Crippen LogP contribution in [-0.4, -0.2) is 60.3 Å². The highest BCUT2D eigenvalue weighted by Gasteiger charge is 2.58. The quantitative estimate of drug-likeness (QED) is 0.335. The molecule has 9 nitrogen and oxygen atoms in total. The minimum Gasteiger partial charge on any atom is -0.387 e. The van der Waals surface area contributed by atoms with E-state index in [4.69, 9.17) is 26.8 Å². The number of hydrogen-bond acceptors (Lipinski definition) is 8. The lowest BCUT2D eigenvalue weighted by Crippen LogP contribution is -2.43. The molecule has 3 aromatic heterocycles. The van der Waals surface area contributed by atoms with Crippen LogP contribution in [0.4, 0.5) is 5.82 Å². The van der Waals surface area contributed by atoms with Gasteiger partial charge in [-0.1, -0.05) is 23.7 Å². The summed E-state index contributed by atoms with van der Waals surface area (Å²) in [6, 6.07) is 9.72. The maximum Gasteiger partial charge on any atom is 0.164 e. The van der Waals surface area contributed by atoms with Crippen molar-refractivity contribution in [1.29, 1.82) is 0 Å². The van der Waals surface area contributed by atoms with Gasteiger partial charge in [0.1, 0.15) is 40.8 Å². The Morgan fingerprint density at radius 2 is 2.09 bits per heavy atom. The number of nitrogens with two attached hydrogens (primary N) is 1. The molecule has 6 rings (SSSR count). The number of aliphatic hydroxyl groups excluding tert-OH is 2. The molecule has 1 spiro atoms. The van der Waals surface area contributed by atoms with E-state index in [1.807, 2.05) is 24.3 Å². The number of anilines is 1. The Morgan fingerprint density at radius 3 is 2.94 bits per heavy atom. The van der Waals surface area contributed by atoms with Crippen LogP contribution in [0, 0.1) is 0 Å². The normalized spacial score (nSPS) is 29.1. The maximum absolute atomic E-state index is 11.0. The zero-order valence-electron chi connectivity index (χ0n) is 17.8. The number of hydrogen-bond donors (Lipinski definition) is 3. The number of ether oxygens (including phenoxy) is 2. The molecule has 0 saturated carbocycles. The van der Waals surface area contributed by atoms with Crippen molar-refractivity contribution in [1.82, 2.24) is 19.5 Å². The number of aliphatic hydroxyl groups is 2. The first-order chi connectivity index (χ1) is 16.3. The van der Waals surface area contributed by atoms with Gasteiger partial charge in [-0.05, 0) is 46.1 Å². The molecule has 5 heterocycles. The molecule has 34 heavy (non-hydrogen) atoms. The average Bonchev–Trinajstić information content (AvgIpc) is 3.49. The van der Waals surface area contributed by atoms with Gasteiger partial charge in [-0.2, -0.15) is 0 Å². The number of rotatable bonds is 3. The molecule has 0 radical (unpaired) electrons. The van der Waals surface area contributed by atoms with Crippen molar-refractivity contribution in [2.24, 2.45) is 0 Å². The van der Waals surface area contributed by atoms with Crippen molar-refractivity contribution < 1.29 is 19.7 Å². The molecule has 4 aromatic rings. The lowest BCUT2D eigenvalue weighted by molar-refractivity contribution is -0.103. The molecule has 0 aliphatic carbocycles. The monoisotopic (exact) mass is 545 g/mol. The van der Waals surface area contributed by atoms with Crippen LogP contribution < -0.4 is 5.73 Å². The number of halogens is 2. The zero-order chi connectivity index (χ0) is 23.6. The third-order valence-corrected chi connectivity index (χ3v) is 7.64. The van der Waals surface area contributed by atoms with Crippen molar-refractivity contribution in [3.05, 3.63) is 58.0 Å². The lowest BCUT2D eigenvalue weighted by atomic mass is 9.90. The fraction of sp³-hybridized carbons (Fsp3) is 0.348. The summed E-state index contributed by atoms with van der Waals surface area (Å²) in [5.41, 5.74) is 7.28. The standard InChI is InChI=1S/C23H21BrClN5O4/c24-15-7-12-2-1-11(6-16(12)29-20(15)26)5-13-8-23(9-33-13)18(32)17(31)22(34-23)30-4-3-14-19(25)27-10-28-21(14)30/h1-4,6-7,10,13,17-18,22,31-32H,5,8-9H2,(H2,26,29). The first kappa shape index (κ1) is 22.1. The van der Waals surface area contributed by atoms with E-state index in [0.717, 1.165) is 20.9 Å². The van der Waals surface area contributed by atoms with Gasteiger partial charge >= 0.3 is 0 Å². The van der Waals surface area contributed by atoms with Gasteiger partial charge in [-0.25, -0.2) is 15.0 Å². The van der Waals surface area contributed by atoms with Gasteiger partial charge in [0, 0.05) is 18.0 Å². The van der Waals surface area contributed by atoms with Gasteiger partial charge < -0.3 is 30.0 Å². The molecule has 4 N–H and O–H groups in total. The van der Waals surface area contributed by atoms with E-state index in [9.17, 15) is 10.2 Å². The van der Waals surface area contributed by atoms with E-state index in [-0.39, 0.29) is 12.7 Å². The smallest absolute Gasteiger partial charge is 0.164 e. The Kier molecular flexibility index (Phi) is 5.28. The average molecular weight is 547 g/mol. The largest absolute Gasteiger partial charge is 0.387 e. The summed E-state index contributed by atoms with van der Waals surface area (Å²) in [6.45, 7) is 0.174. The first-order valence-electron chi connectivity index (χ1n) is 10.8. The van der Waals surface area contributed by atoms with E-state index in [2.05, 4.69) is 30.9 Å². The molecule has 5 atom stereocenters. The number of fused-ring (bicyclic) bond motifs is 2. The summed E-state index contributed by atoms with van der Waals surface area (Å²) in [5, 5.41) is 23.8. The molecule has 0 bridgehead atoms. The Labute approximate surface area is 207 Å². The topological polar surface area (TPSA) is 129 Å². The van der Waals surface area contributed by atoms with Crippen LogP contribution in [0.15, 0.2) is 47.3 Å². The van der Waals surface area contributed by atoms with Crippen LogP contribution in [0.2, 0.25) is 5.15 Å². The first-order valence-corrected chi connectivity index (χ1v) is 12.0. The summed E-state index contributed by atoms with van der Waals surface area (Å²) in [6.07, 6.45) is 0.839. The van der Waals surface area contributed by atoms with Gasteiger partial charge in [-0.15, -0.1) is 0 Å². The van der Waals surface area contributed by atoms with Gasteiger partial charge in [0.05, 0.1) is 28.1 Å². The molecule has 11 heteroatoms. The predicted molar refractivity (Wildman–Crippen MR) is 129 cm³/mol. The number of benzene rings is 1. The maximum atomic E-state index is 11.0. The van der Waals surface area contributed by atoms with Crippen LogP contribution >= 0.6 is 27.5 Å². The zero-order valence-corrected chi connectivity index (χ0v) is 20.1. The van der Waals surface area contributed by atoms with E-state index < -0.39 is 24.0 Å². The van der Waals surface area contributed by atoms with Gasteiger partial charge in [-0.3, -0.25) is 0 Å². The lowest BCUT2D eigenvalue weighted by Gasteiger charge is -2.25. The van der Waals surface area contributed by atoms with E-state index >= 15 is 0 Å². The van der Waals surface area contributed by atoms with Crippen LogP contribution in [0.1, 0.15) is 18.2 Å².